The number of hydrogen-bond donors (Lipinski definition) is 1. The fourth-order valence-corrected chi connectivity index (χ4v) is 10.4. The largest absolute Gasteiger partial charge is 0.490 e. The smallest absolute Gasteiger partial charge is 0.272 e. The van der Waals surface area contributed by atoms with E-state index >= 15 is 0 Å². The molecule has 2 amide bonds. The number of benzene rings is 2. The van der Waals surface area contributed by atoms with Crippen LogP contribution >= 0.6 is 11.6 Å². The third kappa shape index (κ3) is 8.75. The van der Waals surface area contributed by atoms with E-state index < -0.39 is 0 Å². The van der Waals surface area contributed by atoms with Gasteiger partial charge in [-0.05, 0) is 126 Å². The summed E-state index contributed by atoms with van der Waals surface area (Å²) in [6.07, 6.45) is 9.89. The van der Waals surface area contributed by atoms with Crippen LogP contribution in [-0.4, -0.2) is 98.4 Å². The number of ether oxygens (including phenoxy) is 1. The van der Waals surface area contributed by atoms with E-state index in [2.05, 4.69) is 59.3 Å². The average molecular weight is 859 g/mol. The van der Waals surface area contributed by atoms with Gasteiger partial charge in [-0.2, -0.15) is 5.26 Å². The third-order valence-electron chi connectivity index (χ3n) is 13.7. The SMILES string of the molecule is Cc1noc(C)c1-c1ccc2c(c1)nc(C1CCCC(=O)N1C)n2C1CCN(CC2CCN(c3ccc(C(=O)NC4CCC(Oc5ccc(C#N)c(Cl)c5)CC4)nn3)CC2)CC1. The van der Waals surface area contributed by atoms with Gasteiger partial charge in [-0.15, -0.1) is 10.2 Å². The molecule has 3 saturated heterocycles. The van der Waals surface area contributed by atoms with E-state index in [4.69, 9.17) is 31.1 Å². The summed E-state index contributed by atoms with van der Waals surface area (Å²) in [5.74, 6) is 3.87. The first-order valence-corrected chi connectivity index (χ1v) is 22.7. The van der Waals surface area contributed by atoms with Crippen molar-refractivity contribution in [2.45, 2.75) is 109 Å². The van der Waals surface area contributed by atoms with Crippen LogP contribution in [0.5, 0.6) is 5.75 Å². The monoisotopic (exact) mass is 858 g/mol. The van der Waals surface area contributed by atoms with E-state index in [1.165, 1.54) is 0 Å². The number of carbonyl (C=O) groups is 2. The van der Waals surface area contributed by atoms with Gasteiger partial charge in [0, 0.05) is 69.9 Å². The number of halogens is 1. The molecular formula is C47H55ClN10O4. The number of likely N-dealkylation sites (tertiary alicyclic amines) is 2. The highest BCUT2D eigenvalue weighted by Gasteiger charge is 2.34. The summed E-state index contributed by atoms with van der Waals surface area (Å²) in [5, 5.41) is 25.6. The van der Waals surface area contributed by atoms with E-state index in [0.29, 0.717) is 40.4 Å². The standard InChI is InChI=1S/C47H55ClN10O4/c1-29-45(30(2)62-54-29)32-8-15-41-40(25-32)51-46(42-5-4-6-44(59)55(42)3)58(41)35-19-21-56(22-20-35)28-31-17-23-57(24-18-31)43-16-14-39(52-53-43)47(60)50-34-9-12-36(13-10-34)61-37-11-7-33(27-49)38(48)26-37/h7-8,11,14-16,25-26,31,34-36,42H,4-6,9-10,12-13,17-24,28H2,1-3H3,(H,50,60). The summed E-state index contributed by atoms with van der Waals surface area (Å²) < 4.78 is 14.1. The summed E-state index contributed by atoms with van der Waals surface area (Å²) in [6.45, 7) is 8.88. The van der Waals surface area contributed by atoms with Crippen molar-refractivity contribution in [3.8, 4) is 22.9 Å². The van der Waals surface area contributed by atoms with Crippen LogP contribution in [0.25, 0.3) is 22.2 Å². The van der Waals surface area contributed by atoms with Crippen molar-refractivity contribution in [1.29, 1.82) is 5.26 Å². The molecule has 1 N–H and O–H groups in total. The Labute approximate surface area is 367 Å². The van der Waals surface area contributed by atoms with Crippen LogP contribution in [0.2, 0.25) is 5.02 Å². The molecule has 1 atom stereocenters. The second-order valence-electron chi connectivity index (χ2n) is 17.7. The molecule has 6 heterocycles. The zero-order valence-corrected chi connectivity index (χ0v) is 36.6. The van der Waals surface area contributed by atoms with Gasteiger partial charge < -0.3 is 33.8 Å². The molecule has 15 heteroatoms. The minimum Gasteiger partial charge on any atom is -0.490 e. The average Bonchev–Trinajstić information content (AvgIpc) is 3.83. The third-order valence-corrected chi connectivity index (χ3v) is 14.0. The van der Waals surface area contributed by atoms with Gasteiger partial charge >= 0.3 is 0 Å². The molecule has 324 valence electrons. The molecule has 14 nitrogen and oxygen atoms in total. The second kappa shape index (κ2) is 18.1. The molecular weight excluding hydrogens is 804 g/mol. The summed E-state index contributed by atoms with van der Waals surface area (Å²) >= 11 is 6.17. The molecule has 5 aromatic rings. The van der Waals surface area contributed by atoms with Crippen molar-refractivity contribution in [3.05, 3.63) is 82.1 Å². The van der Waals surface area contributed by atoms with Crippen LogP contribution in [0, 0.1) is 31.1 Å². The van der Waals surface area contributed by atoms with Gasteiger partial charge in [0.05, 0.1) is 39.5 Å². The van der Waals surface area contributed by atoms with Crippen molar-refractivity contribution in [2.24, 2.45) is 5.92 Å². The zero-order chi connectivity index (χ0) is 42.9. The first-order chi connectivity index (χ1) is 30.1. The zero-order valence-electron chi connectivity index (χ0n) is 35.9. The number of aromatic nitrogens is 5. The molecule has 0 bridgehead atoms. The Morgan fingerprint density at radius 1 is 0.952 bits per heavy atom. The Balaban J connectivity index is 0.758. The molecule has 2 aromatic carbocycles. The fraction of sp³-hybridized carbons (Fsp3) is 0.511. The van der Waals surface area contributed by atoms with E-state index in [0.717, 1.165) is 142 Å². The quantitative estimate of drug-likeness (QED) is 0.145. The lowest BCUT2D eigenvalue weighted by molar-refractivity contribution is -0.135. The molecule has 4 aliphatic rings. The molecule has 0 radical (unpaired) electrons. The Hall–Kier alpha value is -5.52. The van der Waals surface area contributed by atoms with Crippen LogP contribution in [0.15, 0.2) is 53.1 Å². The van der Waals surface area contributed by atoms with E-state index in [-0.39, 0.29) is 30.0 Å². The lowest BCUT2D eigenvalue weighted by atomic mass is 9.92. The highest BCUT2D eigenvalue weighted by atomic mass is 35.5. The van der Waals surface area contributed by atoms with Crippen LogP contribution in [0.1, 0.15) is 116 Å². The van der Waals surface area contributed by atoms with Gasteiger partial charge in [0.25, 0.3) is 5.91 Å². The molecule has 1 aliphatic carbocycles. The topological polar surface area (TPSA) is 159 Å². The van der Waals surface area contributed by atoms with Gasteiger partial charge in [-0.25, -0.2) is 4.98 Å². The number of carbonyl (C=O) groups excluding carboxylic acids is 2. The van der Waals surface area contributed by atoms with Crippen LogP contribution in [0.3, 0.4) is 0 Å². The summed E-state index contributed by atoms with van der Waals surface area (Å²) in [7, 11) is 1.93. The maximum Gasteiger partial charge on any atom is 0.272 e. The molecule has 0 spiro atoms. The number of aryl methyl sites for hydroxylation is 2. The van der Waals surface area contributed by atoms with Gasteiger partial charge in [0.2, 0.25) is 5.91 Å². The van der Waals surface area contributed by atoms with Crippen LogP contribution in [0.4, 0.5) is 5.82 Å². The summed E-state index contributed by atoms with van der Waals surface area (Å²) in [4.78, 5) is 38.1. The highest BCUT2D eigenvalue weighted by molar-refractivity contribution is 6.31. The fourth-order valence-electron chi connectivity index (χ4n) is 10.2. The Kier molecular flexibility index (Phi) is 12.2. The molecule has 1 unspecified atom stereocenters. The first-order valence-electron chi connectivity index (χ1n) is 22.3. The predicted octanol–water partition coefficient (Wildman–Crippen LogP) is 7.98. The number of imidazole rings is 1. The number of nitriles is 1. The predicted molar refractivity (Wildman–Crippen MR) is 236 cm³/mol. The maximum absolute atomic E-state index is 13.1. The van der Waals surface area contributed by atoms with Gasteiger partial charge in [0.15, 0.2) is 11.5 Å². The number of piperidine rings is 3. The Morgan fingerprint density at radius 2 is 1.74 bits per heavy atom. The van der Waals surface area contributed by atoms with Crippen molar-refractivity contribution in [3.63, 3.8) is 0 Å². The van der Waals surface area contributed by atoms with E-state index in [1.54, 1.807) is 24.3 Å². The van der Waals surface area contributed by atoms with Crippen LogP contribution in [-0.2, 0) is 4.79 Å². The van der Waals surface area contributed by atoms with Crippen molar-refractivity contribution >= 4 is 40.3 Å². The highest BCUT2D eigenvalue weighted by Crippen LogP contribution is 2.39. The molecule has 1 saturated carbocycles. The number of anilines is 1. The van der Waals surface area contributed by atoms with Gasteiger partial charge in [0.1, 0.15) is 23.4 Å². The lowest BCUT2D eigenvalue weighted by Gasteiger charge is -2.39. The van der Waals surface area contributed by atoms with Crippen molar-refractivity contribution < 1.29 is 18.8 Å². The molecule has 9 rings (SSSR count). The summed E-state index contributed by atoms with van der Waals surface area (Å²) in [5.41, 5.74) is 5.77. The Morgan fingerprint density at radius 3 is 2.44 bits per heavy atom. The van der Waals surface area contributed by atoms with E-state index in [9.17, 15) is 9.59 Å². The normalized spacial score (nSPS) is 21.9. The lowest BCUT2D eigenvalue weighted by Crippen LogP contribution is -2.42. The number of rotatable bonds is 10. The molecule has 3 aliphatic heterocycles. The number of fused-ring (bicyclic) bond motifs is 1. The van der Waals surface area contributed by atoms with Crippen molar-refractivity contribution in [2.75, 3.05) is 44.7 Å². The van der Waals surface area contributed by atoms with Crippen molar-refractivity contribution in [1.82, 2.24) is 40.0 Å². The molecule has 4 fully saturated rings. The molecule has 62 heavy (non-hydrogen) atoms. The minimum atomic E-state index is -0.203. The number of hydrogen-bond acceptors (Lipinski definition) is 11. The molecule has 3 aromatic heterocycles. The minimum absolute atomic E-state index is 0.0322. The second-order valence-corrected chi connectivity index (χ2v) is 18.1. The number of amides is 2. The van der Waals surface area contributed by atoms with E-state index in [1.807, 2.05) is 31.9 Å². The summed E-state index contributed by atoms with van der Waals surface area (Å²) in [6, 6.07) is 17.8. The van der Waals surface area contributed by atoms with Gasteiger partial charge in [-0.1, -0.05) is 22.8 Å². The Bertz CT molecular complexity index is 2430. The van der Waals surface area contributed by atoms with Gasteiger partial charge in [-0.3, -0.25) is 9.59 Å². The first kappa shape index (κ1) is 41.8. The number of nitrogens with one attached hydrogen (secondary N) is 1. The maximum atomic E-state index is 13.1. The number of nitrogens with zero attached hydrogens (tertiary/aromatic N) is 9. The van der Waals surface area contributed by atoms with Crippen LogP contribution < -0.4 is 15.0 Å².